The van der Waals surface area contributed by atoms with Crippen molar-refractivity contribution >= 4 is 28.8 Å². The van der Waals surface area contributed by atoms with Gasteiger partial charge in [-0.15, -0.1) is 0 Å². The number of aliphatic carboxylic acids is 1. The number of thioether (sulfide) groups is 1. The number of hydrogen-bond acceptors (Lipinski definition) is 6. The van der Waals surface area contributed by atoms with Gasteiger partial charge in [0.05, 0.1) is 11.1 Å². The van der Waals surface area contributed by atoms with Crippen molar-refractivity contribution in [3.8, 4) is 11.4 Å². The van der Waals surface area contributed by atoms with Crippen LogP contribution in [0.2, 0.25) is 0 Å². The van der Waals surface area contributed by atoms with Gasteiger partial charge in [-0.2, -0.15) is 13.2 Å². The maximum absolute atomic E-state index is 12.9. The first-order valence-electron chi connectivity index (χ1n) is 8.47. The number of carboxylic acids is 1. The number of carboxylic acid groups (broad SMARTS) is 1. The van der Waals surface area contributed by atoms with E-state index in [-0.39, 0.29) is 17.7 Å². The quantitative estimate of drug-likeness (QED) is 0.337. The summed E-state index contributed by atoms with van der Waals surface area (Å²) in [7, 11) is 0. The van der Waals surface area contributed by atoms with Crippen LogP contribution in [0.1, 0.15) is 12.8 Å². The second-order valence-electron chi connectivity index (χ2n) is 6.00. The molecule has 0 radical (unpaired) electrons. The Balaban J connectivity index is 1.90. The number of benzene rings is 1. The highest BCUT2D eigenvalue weighted by Crippen LogP contribution is 2.24. The third kappa shape index (κ3) is 5.31. The Bertz CT molecular complexity index is 1060. The Kier molecular flexibility index (Phi) is 6.16. The number of fused-ring (bicyclic) bond motifs is 1. The molecule has 0 spiro atoms. The van der Waals surface area contributed by atoms with E-state index in [1.54, 1.807) is 12.3 Å². The molecule has 154 valence electrons. The number of hydrogen-bond donors (Lipinski definition) is 1. The molecule has 0 saturated heterocycles. The number of carbonyl (C=O) groups excluding carboxylic acids is 1. The van der Waals surface area contributed by atoms with Gasteiger partial charge in [-0.1, -0.05) is 11.8 Å². The van der Waals surface area contributed by atoms with E-state index in [9.17, 15) is 27.9 Å². The summed E-state index contributed by atoms with van der Waals surface area (Å²) in [6.07, 6.45) is -2.67. The molecule has 11 heteroatoms. The van der Waals surface area contributed by atoms with Crippen molar-refractivity contribution < 1.29 is 27.8 Å². The van der Waals surface area contributed by atoms with E-state index in [1.165, 1.54) is 40.6 Å². The molecule has 2 heterocycles. The molecule has 0 amide bonds. The van der Waals surface area contributed by atoms with Gasteiger partial charge in [0.25, 0.3) is 5.56 Å². The SMILES string of the molecule is O=C([O-])CCCSc1nc2[nH]ccc2c(=O)n1-c1ccc(OCC(F)(F)F)cc1. The molecule has 3 rings (SSSR count). The van der Waals surface area contributed by atoms with Gasteiger partial charge < -0.3 is 19.6 Å². The van der Waals surface area contributed by atoms with Crippen molar-refractivity contribution in [2.24, 2.45) is 0 Å². The molecular formula is C18H15F3N3O4S-. The van der Waals surface area contributed by atoms with Gasteiger partial charge in [0, 0.05) is 17.9 Å². The Morgan fingerprint density at radius 2 is 1.97 bits per heavy atom. The molecule has 29 heavy (non-hydrogen) atoms. The Morgan fingerprint density at radius 1 is 1.24 bits per heavy atom. The normalized spacial score (nSPS) is 11.7. The minimum atomic E-state index is -4.45. The van der Waals surface area contributed by atoms with Crippen LogP contribution in [0.5, 0.6) is 5.75 Å². The highest BCUT2D eigenvalue weighted by Gasteiger charge is 2.28. The van der Waals surface area contributed by atoms with Crippen molar-refractivity contribution in [3.63, 3.8) is 0 Å². The summed E-state index contributed by atoms with van der Waals surface area (Å²) in [6, 6.07) is 7.16. The largest absolute Gasteiger partial charge is 0.550 e. The molecule has 0 saturated carbocycles. The topological polar surface area (TPSA) is 100 Å². The smallest absolute Gasteiger partial charge is 0.422 e. The Hall–Kier alpha value is -2.95. The molecule has 0 aliphatic heterocycles. The molecule has 0 unspecified atom stereocenters. The number of halogens is 3. The summed E-state index contributed by atoms with van der Waals surface area (Å²) >= 11 is 1.19. The lowest BCUT2D eigenvalue weighted by Gasteiger charge is -2.13. The minimum absolute atomic E-state index is 0.0120. The van der Waals surface area contributed by atoms with E-state index < -0.39 is 18.8 Å². The molecule has 0 aliphatic carbocycles. The summed E-state index contributed by atoms with van der Waals surface area (Å²) in [4.78, 5) is 30.7. The Morgan fingerprint density at radius 3 is 2.62 bits per heavy atom. The number of nitrogens with one attached hydrogen (secondary N) is 1. The van der Waals surface area contributed by atoms with Crippen LogP contribution in [0.3, 0.4) is 0 Å². The van der Waals surface area contributed by atoms with Gasteiger partial charge in [0.15, 0.2) is 11.8 Å². The zero-order chi connectivity index (χ0) is 21.0. The van der Waals surface area contributed by atoms with Crippen molar-refractivity contribution in [3.05, 3.63) is 46.9 Å². The standard InChI is InChI=1S/C18H16F3N3O4S/c19-18(20,21)10-28-12-5-3-11(4-6-12)24-16(27)13-7-8-22-15(13)23-17(24)29-9-1-2-14(25)26/h3-8,22H,1-2,9-10H2,(H,25,26)/p-1. The second-order valence-corrected chi connectivity index (χ2v) is 7.06. The number of ether oxygens (including phenoxy) is 1. The van der Waals surface area contributed by atoms with Crippen molar-refractivity contribution in [2.75, 3.05) is 12.4 Å². The van der Waals surface area contributed by atoms with Crippen molar-refractivity contribution in [2.45, 2.75) is 24.2 Å². The van der Waals surface area contributed by atoms with Crippen LogP contribution in [0, 0.1) is 0 Å². The highest BCUT2D eigenvalue weighted by atomic mass is 32.2. The molecule has 3 aromatic rings. The third-order valence-electron chi connectivity index (χ3n) is 3.81. The zero-order valence-electron chi connectivity index (χ0n) is 14.9. The molecular weight excluding hydrogens is 411 g/mol. The van der Waals surface area contributed by atoms with Crippen LogP contribution in [-0.4, -0.2) is 39.0 Å². The van der Waals surface area contributed by atoms with Gasteiger partial charge in [0.1, 0.15) is 11.4 Å². The first kappa shape index (κ1) is 20.8. The maximum atomic E-state index is 12.9. The fourth-order valence-corrected chi connectivity index (χ4v) is 3.48. The van der Waals surface area contributed by atoms with Crippen LogP contribution in [-0.2, 0) is 4.79 Å². The van der Waals surface area contributed by atoms with Gasteiger partial charge >= 0.3 is 6.18 Å². The first-order valence-corrected chi connectivity index (χ1v) is 9.46. The summed E-state index contributed by atoms with van der Waals surface area (Å²) in [5.74, 6) is -0.762. The molecule has 7 nitrogen and oxygen atoms in total. The van der Waals surface area contributed by atoms with Crippen molar-refractivity contribution in [1.82, 2.24) is 14.5 Å². The Labute approximate surface area is 166 Å². The molecule has 1 aromatic carbocycles. The summed E-state index contributed by atoms with van der Waals surface area (Å²) in [5.41, 5.74) is 0.425. The lowest BCUT2D eigenvalue weighted by Crippen LogP contribution is -2.22. The predicted molar refractivity (Wildman–Crippen MR) is 98.2 cm³/mol. The maximum Gasteiger partial charge on any atom is 0.422 e. The van der Waals surface area contributed by atoms with E-state index in [1.807, 2.05) is 0 Å². The van der Waals surface area contributed by atoms with Crippen LogP contribution in [0.15, 0.2) is 46.5 Å². The van der Waals surface area contributed by atoms with Crippen LogP contribution in [0.4, 0.5) is 13.2 Å². The number of alkyl halides is 3. The number of aromatic nitrogens is 3. The van der Waals surface area contributed by atoms with Crippen LogP contribution < -0.4 is 15.4 Å². The number of H-pyrrole nitrogens is 1. The van der Waals surface area contributed by atoms with E-state index in [0.717, 1.165) is 0 Å². The average molecular weight is 426 g/mol. The molecule has 0 aliphatic rings. The molecule has 1 N–H and O–H groups in total. The van der Waals surface area contributed by atoms with Gasteiger partial charge in [-0.25, -0.2) is 4.98 Å². The van der Waals surface area contributed by atoms with Gasteiger partial charge in [0.2, 0.25) is 0 Å². The summed E-state index contributed by atoms with van der Waals surface area (Å²) < 4.78 is 42.9. The third-order valence-corrected chi connectivity index (χ3v) is 4.84. The zero-order valence-corrected chi connectivity index (χ0v) is 15.7. The van der Waals surface area contributed by atoms with Crippen molar-refractivity contribution in [1.29, 1.82) is 0 Å². The van der Waals surface area contributed by atoms with E-state index in [4.69, 9.17) is 0 Å². The van der Waals surface area contributed by atoms with Gasteiger partial charge in [-0.05, 0) is 43.2 Å². The lowest BCUT2D eigenvalue weighted by atomic mass is 10.3. The second kappa shape index (κ2) is 8.60. The summed E-state index contributed by atoms with van der Waals surface area (Å²) in [6.45, 7) is -1.41. The van der Waals surface area contributed by atoms with E-state index in [2.05, 4.69) is 14.7 Å². The fraction of sp³-hybridized carbons (Fsp3) is 0.278. The molecule has 0 fully saturated rings. The van der Waals surface area contributed by atoms with Crippen LogP contribution in [0.25, 0.3) is 16.7 Å². The number of carbonyl (C=O) groups is 1. The molecule has 0 bridgehead atoms. The lowest BCUT2D eigenvalue weighted by molar-refractivity contribution is -0.305. The monoisotopic (exact) mass is 426 g/mol. The van der Waals surface area contributed by atoms with E-state index in [0.29, 0.717) is 34.1 Å². The highest BCUT2D eigenvalue weighted by molar-refractivity contribution is 7.99. The molecule has 2 aromatic heterocycles. The number of rotatable bonds is 8. The van der Waals surface area contributed by atoms with E-state index >= 15 is 0 Å². The average Bonchev–Trinajstić information content (AvgIpc) is 3.12. The fourth-order valence-electron chi connectivity index (χ4n) is 2.54. The van der Waals surface area contributed by atoms with Gasteiger partial charge in [-0.3, -0.25) is 9.36 Å². The molecule has 0 atom stereocenters. The predicted octanol–water partition coefficient (Wildman–Crippen LogP) is 2.28. The number of nitrogens with zero attached hydrogens (tertiary/aromatic N) is 2. The minimum Gasteiger partial charge on any atom is -0.550 e. The van der Waals surface area contributed by atoms with Crippen LogP contribution >= 0.6 is 11.8 Å². The summed E-state index contributed by atoms with van der Waals surface area (Å²) in [5, 5.41) is 11.2. The number of aromatic amines is 1. The first-order chi connectivity index (χ1) is 13.7.